The first-order valence-corrected chi connectivity index (χ1v) is 9.61. The molecule has 0 radical (unpaired) electrons. The molecular formula is C22H19FN2OS. The molecule has 2 aromatic heterocycles. The van der Waals surface area contributed by atoms with E-state index >= 15 is 0 Å². The molecule has 0 N–H and O–H groups in total. The van der Waals surface area contributed by atoms with Gasteiger partial charge in [0.1, 0.15) is 11.5 Å². The van der Waals surface area contributed by atoms with Gasteiger partial charge in [0.15, 0.2) is 0 Å². The minimum absolute atomic E-state index is 0.0707. The van der Waals surface area contributed by atoms with Gasteiger partial charge in [-0.2, -0.15) is 0 Å². The molecule has 0 aliphatic heterocycles. The first-order valence-electron chi connectivity index (χ1n) is 8.73. The molecule has 27 heavy (non-hydrogen) atoms. The molecule has 0 atom stereocenters. The standard InChI is InChI=1S/C22H19FN2OS/c1-24(14-16-7-3-2-4-8-16)22(26)20-13-21-19(11-12-27-21)25(20)15-17-9-5-6-10-18(17)23/h2-13H,14-15H2,1H3. The fourth-order valence-corrected chi connectivity index (χ4v) is 4.07. The molecule has 0 fully saturated rings. The predicted molar refractivity (Wildman–Crippen MR) is 108 cm³/mol. The summed E-state index contributed by atoms with van der Waals surface area (Å²) >= 11 is 1.58. The Morgan fingerprint density at radius 2 is 1.81 bits per heavy atom. The highest BCUT2D eigenvalue weighted by atomic mass is 32.1. The molecule has 0 bridgehead atoms. The molecular weight excluding hydrogens is 359 g/mol. The SMILES string of the molecule is CN(Cc1ccccc1)C(=O)c1cc2sccc2n1Cc1ccccc1F. The molecule has 5 heteroatoms. The molecule has 0 spiro atoms. The summed E-state index contributed by atoms with van der Waals surface area (Å²) in [5, 5.41) is 1.99. The number of nitrogens with zero attached hydrogens (tertiary/aromatic N) is 2. The Labute approximate surface area is 161 Å². The Balaban J connectivity index is 1.68. The normalized spacial score (nSPS) is 11.0. The number of thiophene rings is 1. The Bertz CT molecular complexity index is 1080. The van der Waals surface area contributed by atoms with Crippen molar-refractivity contribution in [3.05, 3.63) is 94.7 Å². The zero-order valence-electron chi connectivity index (χ0n) is 14.9. The lowest BCUT2D eigenvalue weighted by molar-refractivity contribution is 0.0775. The first-order chi connectivity index (χ1) is 13.1. The van der Waals surface area contributed by atoms with Crippen LogP contribution < -0.4 is 0 Å². The molecule has 4 aromatic rings. The van der Waals surface area contributed by atoms with E-state index in [9.17, 15) is 9.18 Å². The largest absolute Gasteiger partial charge is 0.336 e. The number of fused-ring (bicyclic) bond motifs is 1. The van der Waals surface area contributed by atoms with Crippen LogP contribution in [-0.4, -0.2) is 22.4 Å². The van der Waals surface area contributed by atoms with Crippen molar-refractivity contribution < 1.29 is 9.18 Å². The van der Waals surface area contributed by atoms with Crippen molar-refractivity contribution in [2.75, 3.05) is 7.05 Å². The third-order valence-electron chi connectivity index (χ3n) is 4.64. The maximum atomic E-state index is 14.2. The average Bonchev–Trinajstić information content (AvgIpc) is 3.26. The number of aromatic nitrogens is 1. The summed E-state index contributed by atoms with van der Waals surface area (Å²) in [4.78, 5) is 14.8. The van der Waals surface area contributed by atoms with Crippen LogP contribution in [0, 0.1) is 5.82 Å². The molecule has 4 rings (SSSR count). The van der Waals surface area contributed by atoms with Crippen molar-refractivity contribution in [1.29, 1.82) is 0 Å². The van der Waals surface area contributed by atoms with Gasteiger partial charge in [-0.15, -0.1) is 11.3 Å². The van der Waals surface area contributed by atoms with Gasteiger partial charge in [-0.05, 0) is 29.1 Å². The van der Waals surface area contributed by atoms with E-state index in [1.165, 1.54) is 6.07 Å². The number of amides is 1. The lowest BCUT2D eigenvalue weighted by Crippen LogP contribution is -2.28. The van der Waals surface area contributed by atoms with Gasteiger partial charge in [0.05, 0.1) is 16.8 Å². The zero-order chi connectivity index (χ0) is 18.8. The molecule has 2 aromatic carbocycles. The summed E-state index contributed by atoms with van der Waals surface area (Å²) in [5.41, 5.74) is 3.18. The van der Waals surface area contributed by atoms with Crippen LogP contribution in [0.1, 0.15) is 21.6 Å². The van der Waals surface area contributed by atoms with Crippen LogP contribution in [0.15, 0.2) is 72.1 Å². The van der Waals surface area contributed by atoms with Crippen LogP contribution in [-0.2, 0) is 13.1 Å². The van der Waals surface area contributed by atoms with Crippen LogP contribution in [0.2, 0.25) is 0 Å². The first kappa shape index (κ1) is 17.5. The second-order valence-corrected chi connectivity index (χ2v) is 7.47. The van der Waals surface area contributed by atoms with E-state index in [0.29, 0.717) is 24.3 Å². The number of carbonyl (C=O) groups is 1. The number of halogens is 1. The van der Waals surface area contributed by atoms with E-state index < -0.39 is 0 Å². The van der Waals surface area contributed by atoms with Crippen LogP contribution in [0.3, 0.4) is 0 Å². The summed E-state index contributed by atoms with van der Waals surface area (Å²) in [7, 11) is 1.80. The summed E-state index contributed by atoms with van der Waals surface area (Å²) in [6.45, 7) is 0.853. The number of benzene rings is 2. The van der Waals surface area contributed by atoms with Gasteiger partial charge in [-0.3, -0.25) is 4.79 Å². The fourth-order valence-electron chi connectivity index (χ4n) is 3.25. The number of rotatable bonds is 5. The van der Waals surface area contributed by atoms with Gasteiger partial charge < -0.3 is 9.47 Å². The zero-order valence-corrected chi connectivity index (χ0v) is 15.7. The van der Waals surface area contributed by atoms with Gasteiger partial charge in [0.25, 0.3) is 5.91 Å². The van der Waals surface area contributed by atoms with Crippen molar-refractivity contribution in [3.8, 4) is 0 Å². The molecule has 3 nitrogen and oxygen atoms in total. The molecule has 0 unspecified atom stereocenters. The summed E-state index contributed by atoms with van der Waals surface area (Å²) in [6, 6.07) is 20.5. The average molecular weight is 378 g/mol. The van der Waals surface area contributed by atoms with E-state index in [4.69, 9.17) is 0 Å². The maximum Gasteiger partial charge on any atom is 0.270 e. The molecule has 2 heterocycles. The maximum absolute atomic E-state index is 14.2. The molecule has 0 saturated heterocycles. The highest BCUT2D eigenvalue weighted by Gasteiger charge is 2.20. The molecule has 0 aliphatic rings. The van der Waals surface area contributed by atoms with E-state index in [0.717, 1.165) is 15.8 Å². The van der Waals surface area contributed by atoms with Gasteiger partial charge >= 0.3 is 0 Å². The fraction of sp³-hybridized carbons (Fsp3) is 0.136. The Kier molecular flexibility index (Phi) is 4.77. The second-order valence-electron chi connectivity index (χ2n) is 6.52. The van der Waals surface area contributed by atoms with E-state index in [1.807, 2.05) is 58.5 Å². The highest BCUT2D eigenvalue weighted by molar-refractivity contribution is 7.17. The minimum Gasteiger partial charge on any atom is -0.336 e. The van der Waals surface area contributed by atoms with Gasteiger partial charge in [-0.1, -0.05) is 48.5 Å². The van der Waals surface area contributed by atoms with Crippen molar-refractivity contribution in [1.82, 2.24) is 9.47 Å². The van der Waals surface area contributed by atoms with Crippen LogP contribution in [0.25, 0.3) is 10.2 Å². The van der Waals surface area contributed by atoms with Crippen LogP contribution in [0.5, 0.6) is 0 Å². The second kappa shape index (κ2) is 7.37. The van der Waals surface area contributed by atoms with Crippen molar-refractivity contribution in [2.24, 2.45) is 0 Å². The van der Waals surface area contributed by atoms with Crippen molar-refractivity contribution in [2.45, 2.75) is 13.1 Å². The summed E-state index contributed by atoms with van der Waals surface area (Å²) < 4.78 is 17.1. The Morgan fingerprint density at radius 1 is 1.07 bits per heavy atom. The molecule has 136 valence electrons. The van der Waals surface area contributed by atoms with E-state index in [1.54, 1.807) is 35.4 Å². The topological polar surface area (TPSA) is 25.2 Å². The Morgan fingerprint density at radius 3 is 2.59 bits per heavy atom. The smallest absolute Gasteiger partial charge is 0.270 e. The number of carbonyl (C=O) groups excluding carboxylic acids is 1. The van der Waals surface area contributed by atoms with E-state index in [-0.39, 0.29) is 11.7 Å². The quantitative estimate of drug-likeness (QED) is 0.471. The van der Waals surface area contributed by atoms with Crippen LogP contribution in [0.4, 0.5) is 4.39 Å². The van der Waals surface area contributed by atoms with Gasteiger partial charge in [0.2, 0.25) is 0 Å². The summed E-state index contributed by atoms with van der Waals surface area (Å²) in [6.07, 6.45) is 0. The predicted octanol–water partition coefficient (Wildman–Crippen LogP) is 5.16. The minimum atomic E-state index is -0.259. The summed E-state index contributed by atoms with van der Waals surface area (Å²) in [5.74, 6) is -0.329. The van der Waals surface area contributed by atoms with E-state index in [2.05, 4.69) is 0 Å². The van der Waals surface area contributed by atoms with Gasteiger partial charge in [0, 0.05) is 19.2 Å². The number of hydrogen-bond acceptors (Lipinski definition) is 2. The highest BCUT2D eigenvalue weighted by Crippen LogP contribution is 2.27. The lowest BCUT2D eigenvalue weighted by atomic mass is 10.2. The lowest BCUT2D eigenvalue weighted by Gasteiger charge is -2.19. The third-order valence-corrected chi connectivity index (χ3v) is 5.49. The van der Waals surface area contributed by atoms with Gasteiger partial charge in [-0.25, -0.2) is 4.39 Å². The molecule has 1 amide bonds. The molecule has 0 saturated carbocycles. The molecule has 0 aliphatic carbocycles. The Hall–Kier alpha value is -2.92. The third kappa shape index (κ3) is 3.51. The van der Waals surface area contributed by atoms with Crippen LogP contribution >= 0.6 is 11.3 Å². The van der Waals surface area contributed by atoms with Crippen molar-refractivity contribution in [3.63, 3.8) is 0 Å². The monoisotopic (exact) mass is 378 g/mol. The van der Waals surface area contributed by atoms with Crippen molar-refractivity contribution >= 4 is 27.5 Å². The number of hydrogen-bond donors (Lipinski definition) is 0.